The summed E-state index contributed by atoms with van der Waals surface area (Å²) < 4.78 is 0. The fourth-order valence-electron chi connectivity index (χ4n) is 2.77. The van der Waals surface area contributed by atoms with Crippen LogP contribution >= 0.6 is 0 Å². The minimum atomic E-state index is -0.594. The Balaban J connectivity index is 3.08. The lowest BCUT2D eigenvalue weighted by molar-refractivity contribution is -0.161. The number of ketones is 4. The Hall–Kier alpha value is -1.32. The highest BCUT2D eigenvalue weighted by atomic mass is 16.2. The van der Waals surface area contributed by atoms with Gasteiger partial charge in [-0.05, 0) is 27.7 Å². The number of Topliss-reactive ketones (excluding diaryl/α,β-unsaturated/α-hetero) is 4. The summed E-state index contributed by atoms with van der Waals surface area (Å²) in [5.41, 5.74) is 0. The van der Waals surface area contributed by atoms with Crippen molar-refractivity contribution in [3.05, 3.63) is 0 Å². The van der Waals surface area contributed by atoms with Gasteiger partial charge in [-0.15, -0.1) is 0 Å². The van der Waals surface area contributed by atoms with Gasteiger partial charge in [0, 0.05) is 23.7 Å². The Morgan fingerprint density at radius 2 is 0.625 bits per heavy atom. The van der Waals surface area contributed by atoms with Crippen LogP contribution in [0.2, 0.25) is 0 Å². The third-order valence-electron chi connectivity index (χ3n) is 3.43. The highest BCUT2D eigenvalue weighted by molar-refractivity contribution is 6.02. The van der Waals surface area contributed by atoms with Crippen molar-refractivity contribution >= 4 is 23.1 Å². The van der Waals surface area contributed by atoms with E-state index in [4.69, 9.17) is 0 Å². The molecule has 0 aromatic heterocycles. The lowest BCUT2D eigenvalue weighted by atomic mass is 9.52. The molecule has 1 aliphatic carbocycles. The molecule has 0 unspecified atom stereocenters. The number of hydrogen-bond acceptors (Lipinski definition) is 4. The number of hydrogen-bond donors (Lipinski definition) is 0. The molecule has 0 atom stereocenters. The molecule has 1 rings (SSSR count). The molecule has 0 radical (unpaired) electrons. The van der Waals surface area contributed by atoms with Gasteiger partial charge in [0.2, 0.25) is 0 Å². The van der Waals surface area contributed by atoms with Crippen molar-refractivity contribution in [2.24, 2.45) is 23.7 Å². The summed E-state index contributed by atoms with van der Waals surface area (Å²) in [4.78, 5) is 45.6. The Kier molecular flexibility index (Phi) is 3.41. The SMILES string of the molecule is CC(=O)C1C(C(C)=O)C(C(C)=O)C1C(C)=O. The third-order valence-corrected chi connectivity index (χ3v) is 3.43. The van der Waals surface area contributed by atoms with Crippen molar-refractivity contribution in [2.45, 2.75) is 27.7 Å². The lowest BCUT2D eigenvalue weighted by Crippen LogP contribution is -2.58. The zero-order valence-corrected chi connectivity index (χ0v) is 9.94. The molecular formula is C12H16O4. The summed E-state index contributed by atoms with van der Waals surface area (Å²) in [6.07, 6.45) is 0. The predicted molar refractivity (Wildman–Crippen MR) is 56.7 cm³/mol. The summed E-state index contributed by atoms with van der Waals surface area (Å²) in [6.45, 7) is 5.47. The lowest BCUT2D eigenvalue weighted by Gasteiger charge is -2.47. The van der Waals surface area contributed by atoms with Gasteiger partial charge in [-0.1, -0.05) is 0 Å². The molecule has 4 heteroatoms. The van der Waals surface area contributed by atoms with Crippen molar-refractivity contribution in [2.75, 3.05) is 0 Å². The molecule has 0 N–H and O–H groups in total. The van der Waals surface area contributed by atoms with Gasteiger partial charge in [-0.25, -0.2) is 0 Å². The van der Waals surface area contributed by atoms with Gasteiger partial charge in [0.05, 0.1) is 0 Å². The molecule has 1 fully saturated rings. The van der Waals surface area contributed by atoms with Crippen molar-refractivity contribution < 1.29 is 19.2 Å². The average molecular weight is 224 g/mol. The molecule has 0 saturated heterocycles. The van der Waals surface area contributed by atoms with Crippen molar-refractivity contribution in [1.82, 2.24) is 0 Å². The van der Waals surface area contributed by atoms with Crippen LogP contribution in [-0.4, -0.2) is 23.1 Å². The first kappa shape index (κ1) is 12.7. The van der Waals surface area contributed by atoms with Crippen molar-refractivity contribution in [1.29, 1.82) is 0 Å². The van der Waals surface area contributed by atoms with E-state index in [0.717, 1.165) is 0 Å². The second-order valence-corrected chi connectivity index (χ2v) is 4.55. The standard InChI is InChI=1S/C12H16O4/c1-5(13)9-10(6(2)14)12(8(4)16)11(9)7(3)15/h9-12H,1-4H3. The van der Waals surface area contributed by atoms with Gasteiger partial charge in [0.15, 0.2) is 0 Å². The third kappa shape index (κ3) is 1.84. The quantitative estimate of drug-likeness (QED) is 0.709. The molecule has 1 aliphatic rings. The van der Waals surface area contributed by atoms with Gasteiger partial charge in [-0.2, -0.15) is 0 Å². The number of rotatable bonds is 4. The normalized spacial score (nSPS) is 32.8. The molecule has 0 aromatic carbocycles. The summed E-state index contributed by atoms with van der Waals surface area (Å²) in [7, 11) is 0. The molecule has 16 heavy (non-hydrogen) atoms. The van der Waals surface area contributed by atoms with E-state index in [9.17, 15) is 19.2 Å². The Morgan fingerprint density at radius 3 is 0.688 bits per heavy atom. The molecule has 1 saturated carbocycles. The van der Waals surface area contributed by atoms with Gasteiger partial charge < -0.3 is 0 Å². The van der Waals surface area contributed by atoms with Crippen LogP contribution in [0.1, 0.15) is 27.7 Å². The molecular weight excluding hydrogens is 208 g/mol. The second-order valence-electron chi connectivity index (χ2n) is 4.55. The van der Waals surface area contributed by atoms with Crippen LogP contribution in [0.3, 0.4) is 0 Å². The highest BCUT2D eigenvalue weighted by Crippen LogP contribution is 2.48. The van der Waals surface area contributed by atoms with E-state index in [-0.39, 0.29) is 23.1 Å². The molecule has 0 spiro atoms. The van der Waals surface area contributed by atoms with Crippen LogP contribution in [-0.2, 0) is 19.2 Å². The first-order chi connectivity index (χ1) is 7.29. The zero-order valence-electron chi connectivity index (χ0n) is 9.94. The molecule has 0 heterocycles. The summed E-state index contributed by atoms with van der Waals surface area (Å²) >= 11 is 0. The fraction of sp³-hybridized carbons (Fsp3) is 0.667. The van der Waals surface area contributed by atoms with E-state index in [1.807, 2.05) is 0 Å². The Labute approximate surface area is 94.4 Å². The highest BCUT2D eigenvalue weighted by Gasteiger charge is 2.58. The topological polar surface area (TPSA) is 68.3 Å². The van der Waals surface area contributed by atoms with Gasteiger partial charge in [-0.3, -0.25) is 19.2 Å². The van der Waals surface area contributed by atoms with Crippen LogP contribution in [0, 0.1) is 23.7 Å². The zero-order chi connectivity index (χ0) is 12.6. The Bertz CT molecular complexity index is 289. The van der Waals surface area contributed by atoms with E-state index in [0.29, 0.717) is 0 Å². The monoisotopic (exact) mass is 224 g/mol. The average Bonchev–Trinajstić information content (AvgIpc) is 1.97. The first-order valence-corrected chi connectivity index (χ1v) is 5.30. The smallest absolute Gasteiger partial charge is 0.134 e. The molecule has 0 bridgehead atoms. The van der Waals surface area contributed by atoms with Gasteiger partial charge in [0.1, 0.15) is 23.1 Å². The van der Waals surface area contributed by atoms with Crippen molar-refractivity contribution in [3.8, 4) is 0 Å². The van der Waals surface area contributed by atoms with E-state index < -0.39 is 23.7 Å². The van der Waals surface area contributed by atoms with Crippen LogP contribution in [0.15, 0.2) is 0 Å². The van der Waals surface area contributed by atoms with Crippen LogP contribution in [0.5, 0.6) is 0 Å². The van der Waals surface area contributed by atoms with Gasteiger partial charge in [0.25, 0.3) is 0 Å². The second kappa shape index (κ2) is 4.28. The minimum Gasteiger partial charge on any atom is -0.300 e. The summed E-state index contributed by atoms with van der Waals surface area (Å²) in [6, 6.07) is 0. The predicted octanol–water partition coefficient (Wildman–Crippen LogP) is 0.821. The van der Waals surface area contributed by atoms with E-state index in [1.165, 1.54) is 27.7 Å². The number of carbonyl (C=O) groups excluding carboxylic acids is 4. The van der Waals surface area contributed by atoms with Gasteiger partial charge >= 0.3 is 0 Å². The minimum absolute atomic E-state index is 0.182. The summed E-state index contributed by atoms with van der Waals surface area (Å²) in [5.74, 6) is -3.10. The first-order valence-electron chi connectivity index (χ1n) is 5.30. The molecule has 0 aliphatic heterocycles. The van der Waals surface area contributed by atoms with E-state index in [1.54, 1.807) is 0 Å². The largest absolute Gasteiger partial charge is 0.300 e. The molecule has 4 nitrogen and oxygen atoms in total. The van der Waals surface area contributed by atoms with Crippen LogP contribution < -0.4 is 0 Å². The maximum absolute atomic E-state index is 11.4. The molecule has 0 amide bonds. The maximum atomic E-state index is 11.4. The Morgan fingerprint density at radius 1 is 0.500 bits per heavy atom. The maximum Gasteiger partial charge on any atom is 0.134 e. The summed E-state index contributed by atoms with van der Waals surface area (Å²) in [5, 5.41) is 0. The number of carbonyl (C=O) groups is 4. The van der Waals surface area contributed by atoms with Crippen molar-refractivity contribution in [3.63, 3.8) is 0 Å². The fourth-order valence-corrected chi connectivity index (χ4v) is 2.77. The van der Waals surface area contributed by atoms with Crippen LogP contribution in [0.25, 0.3) is 0 Å². The van der Waals surface area contributed by atoms with E-state index >= 15 is 0 Å². The molecule has 0 aromatic rings. The van der Waals surface area contributed by atoms with Crippen LogP contribution in [0.4, 0.5) is 0 Å². The van der Waals surface area contributed by atoms with E-state index in [2.05, 4.69) is 0 Å². The molecule has 88 valence electrons.